The molecule has 0 saturated carbocycles. The maximum absolute atomic E-state index is 6.15. The second-order valence-corrected chi connectivity index (χ2v) is 8.81. The zero-order chi connectivity index (χ0) is 23.6. The van der Waals surface area contributed by atoms with E-state index in [4.69, 9.17) is 26.3 Å². The van der Waals surface area contributed by atoms with Gasteiger partial charge >= 0.3 is 0 Å². The molecular formula is C27H34ClN5O. The highest BCUT2D eigenvalue weighted by Crippen LogP contribution is 2.25. The number of morpholine rings is 1. The molecule has 2 aliphatic heterocycles. The Morgan fingerprint density at radius 2 is 1.97 bits per heavy atom. The van der Waals surface area contributed by atoms with Gasteiger partial charge in [-0.1, -0.05) is 42.5 Å². The fourth-order valence-electron chi connectivity index (χ4n) is 4.12. The van der Waals surface area contributed by atoms with Crippen molar-refractivity contribution in [1.82, 2.24) is 14.5 Å². The van der Waals surface area contributed by atoms with Gasteiger partial charge in [-0.3, -0.25) is 9.89 Å². The Kier molecular flexibility index (Phi) is 9.13. The first-order valence-electron chi connectivity index (χ1n) is 12.1. The minimum atomic E-state index is 0.479. The normalized spacial score (nSPS) is 22.4. The van der Waals surface area contributed by atoms with Crippen molar-refractivity contribution in [3.05, 3.63) is 71.5 Å². The summed E-state index contributed by atoms with van der Waals surface area (Å²) in [7, 11) is 0. The highest BCUT2D eigenvalue weighted by atomic mass is 35.5. The molecule has 7 heteroatoms. The lowest BCUT2D eigenvalue weighted by molar-refractivity contribution is 0.0378. The summed E-state index contributed by atoms with van der Waals surface area (Å²) in [6, 6.07) is 6.25. The van der Waals surface area contributed by atoms with Crippen LogP contribution in [-0.2, 0) is 17.2 Å². The van der Waals surface area contributed by atoms with Gasteiger partial charge < -0.3 is 14.6 Å². The summed E-state index contributed by atoms with van der Waals surface area (Å²) in [5.74, 6) is 1.36. The number of aliphatic imine (C=N–C) groups is 1. The van der Waals surface area contributed by atoms with E-state index < -0.39 is 0 Å². The fraction of sp³-hybridized carbons (Fsp3) is 0.407. The van der Waals surface area contributed by atoms with E-state index in [2.05, 4.69) is 58.1 Å². The number of rotatable bonds is 8. The van der Waals surface area contributed by atoms with Crippen LogP contribution in [0.15, 0.2) is 70.9 Å². The molecule has 0 atom stereocenters. The molecule has 1 aromatic carbocycles. The number of aromatic nitrogens is 2. The van der Waals surface area contributed by atoms with E-state index in [9.17, 15) is 0 Å². The third-order valence-electron chi connectivity index (χ3n) is 6.09. The van der Waals surface area contributed by atoms with E-state index in [1.54, 1.807) is 0 Å². The first-order chi connectivity index (χ1) is 16.7. The van der Waals surface area contributed by atoms with Gasteiger partial charge in [0.1, 0.15) is 0 Å². The van der Waals surface area contributed by atoms with E-state index >= 15 is 0 Å². The summed E-state index contributed by atoms with van der Waals surface area (Å²) in [5.41, 5.74) is 5.29. The minimum absolute atomic E-state index is 0.479. The van der Waals surface area contributed by atoms with Crippen molar-refractivity contribution in [2.45, 2.75) is 32.2 Å². The van der Waals surface area contributed by atoms with E-state index in [1.807, 2.05) is 24.4 Å². The van der Waals surface area contributed by atoms with E-state index in [0.29, 0.717) is 12.4 Å². The number of anilines is 1. The lowest BCUT2D eigenvalue weighted by Gasteiger charge is -2.26. The molecule has 1 aromatic heterocycles. The number of hydrogen-bond acceptors (Lipinski definition) is 5. The Hall–Kier alpha value is -2.67. The van der Waals surface area contributed by atoms with Crippen molar-refractivity contribution in [3.8, 4) is 0 Å². The average Bonchev–Trinajstić information content (AvgIpc) is 3.19. The highest BCUT2D eigenvalue weighted by Gasteiger charge is 2.14. The molecule has 1 N–H and O–H groups in total. The van der Waals surface area contributed by atoms with Crippen molar-refractivity contribution in [2.75, 3.05) is 44.7 Å². The Morgan fingerprint density at radius 1 is 1.12 bits per heavy atom. The SMILES string of the molecule is C\C1=C(Cn2c(NCCCN3CCOCC3)nc3ccc(CCl)cc32)/C=C\C=C\C=C/CC=N1. The van der Waals surface area contributed by atoms with Crippen LogP contribution in [0, 0.1) is 0 Å². The molecule has 1 saturated heterocycles. The molecule has 0 aliphatic carbocycles. The molecule has 0 radical (unpaired) electrons. The summed E-state index contributed by atoms with van der Waals surface area (Å²) in [6.45, 7) is 8.38. The Labute approximate surface area is 207 Å². The van der Waals surface area contributed by atoms with Crippen molar-refractivity contribution < 1.29 is 4.74 Å². The predicted octanol–water partition coefficient (Wildman–Crippen LogP) is 5.33. The standard InChI is InChI=1S/C27H34ClN5O/c1-22-24(9-6-4-2-3-5-7-12-29-22)21-33-26-19-23(20-28)10-11-25(26)31-27(33)30-13-8-14-32-15-17-34-18-16-32/h2-6,9-12,19H,7-8,13-18,20-21H2,1H3,(H,30,31)/b4-2+,5-3-,9-6-,24-22-,29-12?. The molecule has 0 unspecified atom stereocenters. The number of allylic oxidation sites excluding steroid dienone is 8. The van der Waals surface area contributed by atoms with E-state index in [-0.39, 0.29) is 0 Å². The smallest absolute Gasteiger partial charge is 0.204 e. The number of ether oxygens (including phenoxy) is 1. The second kappa shape index (κ2) is 12.7. The first kappa shape index (κ1) is 24.5. The molecule has 2 aromatic rings. The molecule has 180 valence electrons. The average molecular weight is 480 g/mol. The summed E-state index contributed by atoms with van der Waals surface area (Å²) in [5, 5.41) is 3.60. The largest absolute Gasteiger partial charge is 0.379 e. The van der Waals surface area contributed by atoms with Crippen molar-refractivity contribution in [3.63, 3.8) is 0 Å². The lowest BCUT2D eigenvalue weighted by atomic mass is 10.1. The van der Waals surface area contributed by atoms with Gasteiger partial charge in [-0.05, 0) is 43.2 Å². The monoisotopic (exact) mass is 479 g/mol. The fourth-order valence-corrected chi connectivity index (χ4v) is 4.29. The molecule has 0 bridgehead atoms. The molecule has 3 heterocycles. The maximum atomic E-state index is 6.15. The first-order valence-corrected chi connectivity index (χ1v) is 12.6. The summed E-state index contributed by atoms with van der Waals surface area (Å²) in [4.78, 5) is 12.1. The van der Waals surface area contributed by atoms with Crippen LogP contribution in [0.1, 0.15) is 25.3 Å². The van der Waals surface area contributed by atoms with Crippen LogP contribution in [0.5, 0.6) is 0 Å². The van der Waals surface area contributed by atoms with Crippen molar-refractivity contribution in [1.29, 1.82) is 0 Å². The van der Waals surface area contributed by atoms with Gasteiger partial charge in [0, 0.05) is 43.8 Å². The zero-order valence-electron chi connectivity index (χ0n) is 19.9. The van der Waals surface area contributed by atoms with Gasteiger partial charge in [-0.2, -0.15) is 0 Å². The van der Waals surface area contributed by atoms with Crippen LogP contribution < -0.4 is 5.32 Å². The molecule has 34 heavy (non-hydrogen) atoms. The quantitative estimate of drug-likeness (QED) is 0.411. The summed E-state index contributed by atoms with van der Waals surface area (Å²) >= 11 is 6.15. The molecule has 0 spiro atoms. The number of fused-ring (bicyclic) bond motifs is 1. The van der Waals surface area contributed by atoms with Gasteiger partial charge in [0.2, 0.25) is 5.95 Å². The molecular weight excluding hydrogens is 446 g/mol. The number of benzene rings is 1. The molecule has 2 aliphatic rings. The number of halogens is 1. The van der Waals surface area contributed by atoms with Crippen LogP contribution >= 0.6 is 11.6 Å². The van der Waals surface area contributed by atoms with Crippen molar-refractivity contribution >= 4 is 34.8 Å². The summed E-state index contributed by atoms with van der Waals surface area (Å²) < 4.78 is 7.71. The Morgan fingerprint density at radius 3 is 2.82 bits per heavy atom. The van der Waals surface area contributed by atoms with Crippen LogP contribution in [0.25, 0.3) is 11.0 Å². The molecule has 0 amide bonds. The Bertz CT molecular complexity index is 1110. The number of nitrogens with zero attached hydrogens (tertiary/aromatic N) is 4. The predicted molar refractivity (Wildman–Crippen MR) is 143 cm³/mol. The molecule has 4 rings (SSSR count). The van der Waals surface area contributed by atoms with Crippen LogP contribution in [0.2, 0.25) is 0 Å². The number of hydrogen-bond donors (Lipinski definition) is 1. The van der Waals surface area contributed by atoms with Gasteiger partial charge in [-0.15, -0.1) is 11.6 Å². The minimum Gasteiger partial charge on any atom is -0.379 e. The zero-order valence-corrected chi connectivity index (χ0v) is 20.7. The van der Waals surface area contributed by atoms with E-state index in [1.165, 1.54) is 0 Å². The number of imidazole rings is 1. The van der Waals surface area contributed by atoms with Crippen LogP contribution in [0.3, 0.4) is 0 Å². The molecule has 6 nitrogen and oxygen atoms in total. The van der Waals surface area contributed by atoms with Crippen molar-refractivity contribution in [2.24, 2.45) is 4.99 Å². The van der Waals surface area contributed by atoms with Gasteiger partial charge in [0.15, 0.2) is 0 Å². The topological polar surface area (TPSA) is 54.7 Å². The second-order valence-electron chi connectivity index (χ2n) is 8.54. The van der Waals surface area contributed by atoms with Gasteiger partial charge in [-0.25, -0.2) is 4.98 Å². The van der Waals surface area contributed by atoms with E-state index in [0.717, 1.165) is 86.0 Å². The number of nitrogens with one attached hydrogen (secondary N) is 1. The number of alkyl halides is 1. The van der Waals surface area contributed by atoms with Crippen LogP contribution in [0.4, 0.5) is 5.95 Å². The Balaban J connectivity index is 1.57. The maximum Gasteiger partial charge on any atom is 0.204 e. The molecule has 1 fully saturated rings. The summed E-state index contributed by atoms with van der Waals surface area (Å²) in [6.07, 6.45) is 16.3. The highest BCUT2D eigenvalue weighted by molar-refractivity contribution is 6.17. The van der Waals surface area contributed by atoms with Gasteiger partial charge in [0.05, 0.1) is 30.8 Å². The third-order valence-corrected chi connectivity index (χ3v) is 6.40. The van der Waals surface area contributed by atoms with Crippen LogP contribution in [-0.4, -0.2) is 60.1 Å². The lowest BCUT2D eigenvalue weighted by Crippen LogP contribution is -2.37. The van der Waals surface area contributed by atoms with Gasteiger partial charge in [0.25, 0.3) is 0 Å². The third kappa shape index (κ3) is 6.69.